The second-order valence-corrected chi connectivity index (χ2v) is 10.2. The van der Waals surface area contributed by atoms with E-state index in [-0.39, 0.29) is 30.7 Å². The Bertz CT molecular complexity index is 835. The molecule has 2 bridgehead atoms. The maximum absolute atomic E-state index is 13.0. The molecule has 0 unspecified atom stereocenters. The summed E-state index contributed by atoms with van der Waals surface area (Å²) < 4.78 is 38.6. The van der Waals surface area contributed by atoms with Crippen LogP contribution in [0.25, 0.3) is 0 Å². The van der Waals surface area contributed by atoms with Gasteiger partial charge in [-0.1, -0.05) is 18.2 Å². The van der Waals surface area contributed by atoms with Crippen LogP contribution in [0.15, 0.2) is 24.3 Å². The van der Waals surface area contributed by atoms with Gasteiger partial charge in [-0.05, 0) is 56.1 Å². The summed E-state index contributed by atoms with van der Waals surface area (Å²) in [7, 11) is -3.37. The van der Waals surface area contributed by atoms with Crippen molar-refractivity contribution < 1.29 is 22.7 Å². The number of benzene rings is 1. The van der Waals surface area contributed by atoms with Crippen molar-refractivity contribution in [3.05, 3.63) is 29.8 Å². The fraction of sp³-hybridized carbons (Fsp3) is 0.667. The average molecular weight is 423 g/mol. The first-order valence-electron chi connectivity index (χ1n) is 10.5. The number of fused-ring (bicyclic) bond motifs is 5. The van der Waals surface area contributed by atoms with E-state index in [1.54, 1.807) is 4.90 Å². The largest absolute Gasteiger partial charge is 0.483 e. The van der Waals surface area contributed by atoms with Crippen molar-refractivity contribution >= 4 is 15.9 Å². The Hall–Kier alpha value is -1.64. The van der Waals surface area contributed by atoms with E-state index in [0.717, 1.165) is 44.1 Å². The lowest BCUT2D eigenvalue weighted by molar-refractivity contribution is -0.140. The smallest absolute Gasteiger partial charge is 0.260 e. The Kier molecular flexibility index (Phi) is 6.13. The Morgan fingerprint density at radius 1 is 1.10 bits per heavy atom. The number of nitrogens with zero attached hydrogens (tertiary/aromatic N) is 1. The molecule has 160 valence electrons. The first-order valence-corrected chi connectivity index (χ1v) is 12.4. The van der Waals surface area contributed by atoms with Crippen LogP contribution in [0.3, 0.4) is 0 Å². The minimum Gasteiger partial charge on any atom is -0.483 e. The maximum atomic E-state index is 13.0. The molecule has 29 heavy (non-hydrogen) atoms. The number of hydrogen-bond acceptors (Lipinski definition) is 5. The standard InChI is InChI=1S/C21H30N2O5S/c1-29(25,26)22-18-6-4-12-23-19(18)13-27-16-10-8-15(9-11-16)17-5-2-3-7-20(17)28-14-21(23)24/h2-3,5,7,15-16,18-19,22H,4,6,8-14H2,1H3/t15-,16+,18-,19-/m0/s1. The highest BCUT2D eigenvalue weighted by atomic mass is 32.2. The molecule has 1 aromatic carbocycles. The van der Waals surface area contributed by atoms with E-state index in [1.165, 1.54) is 5.56 Å². The number of carbonyl (C=O) groups excluding carboxylic acids is 1. The minimum absolute atomic E-state index is 0.0464. The summed E-state index contributed by atoms with van der Waals surface area (Å²) in [4.78, 5) is 14.8. The Morgan fingerprint density at radius 3 is 2.62 bits per heavy atom. The zero-order chi connectivity index (χ0) is 20.4. The highest BCUT2D eigenvalue weighted by Gasteiger charge is 2.37. The van der Waals surface area contributed by atoms with Crippen LogP contribution in [0.5, 0.6) is 5.75 Å². The lowest BCUT2D eigenvalue weighted by atomic mass is 9.82. The molecule has 1 N–H and O–H groups in total. The van der Waals surface area contributed by atoms with E-state index < -0.39 is 10.0 Å². The Morgan fingerprint density at radius 2 is 1.86 bits per heavy atom. The van der Waals surface area contributed by atoms with Crippen LogP contribution in [0.2, 0.25) is 0 Å². The minimum atomic E-state index is -3.37. The molecule has 0 aromatic heterocycles. The molecule has 2 atom stereocenters. The van der Waals surface area contributed by atoms with Gasteiger partial charge < -0.3 is 14.4 Å². The highest BCUT2D eigenvalue weighted by Crippen LogP contribution is 2.38. The van der Waals surface area contributed by atoms with Gasteiger partial charge in [0.25, 0.3) is 5.91 Å². The van der Waals surface area contributed by atoms with Crippen LogP contribution >= 0.6 is 0 Å². The van der Waals surface area contributed by atoms with Gasteiger partial charge in [0.2, 0.25) is 10.0 Å². The molecule has 7 nitrogen and oxygen atoms in total. The number of amides is 1. The summed E-state index contributed by atoms with van der Waals surface area (Å²) in [6, 6.07) is 7.34. The molecule has 3 heterocycles. The van der Waals surface area contributed by atoms with Gasteiger partial charge in [-0.15, -0.1) is 0 Å². The van der Waals surface area contributed by atoms with Gasteiger partial charge in [0.05, 0.1) is 25.0 Å². The summed E-state index contributed by atoms with van der Waals surface area (Å²) >= 11 is 0. The summed E-state index contributed by atoms with van der Waals surface area (Å²) in [5.74, 6) is 1.08. The summed E-state index contributed by atoms with van der Waals surface area (Å²) in [5.41, 5.74) is 1.17. The predicted octanol–water partition coefficient (Wildman–Crippen LogP) is 2.03. The second kappa shape index (κ2) is 8.62. The van der Waals surface area contributed by atoms with Crippen LogP contribution in [0.4, 0.5) is 0 Å². The average Bonchev–Trinajstić information content (AvgIpc) is 2.71. The Balaban J connectivity index is 1.61. The van der Waals surface area contributed by atoms with Crippen molar-refractivity contribution in [3.63, 3.8) is 0 Å². The van der Waals surface area contributed by atoms with E-state index in [4.69, 9.17) is 9.47 Å². The molecule has 4 aliphatic rings. The fourth-order valence-electron chi connectivity index (χ4n) is 4.93. The lowest BCUT2D eigenvalue weighted by Gasteiger charge is -2.41. The van der Waals surface area contributed by atoms with Gasteiger partial charge in [-0.25, -0.2) is 13.1 Å². The number of sulfonamides is 1. The first kappa shape index (κ1) is 20.6. The van der Waals surface area contributed by atoms with E-state index in [0.29, 0.717) is 25.5 Å². The third-order valence-electron chi connectivity index (χ3n) is 6.35. The summed E-state index contributed by atoms with van der Waals surface area (Å²) in [6.45, 7) is 0.892. The topological polar surface area (TPSA) is 84.9 Å². The zero-order valence-electron chi connectivity index (χ0n) is 16.9. The molecule has 5 rings (SSSR count). The third-order valence-corrected chi connectivity index (χ3v) is 7.08. The lowest BCUT2D eigenvalue weighted by Crippen LogP contribution is -2.59. The normalized spacial score (nSPS) is 30.9. The van der Waals surface area contributed by atoms with Gasteiger partial charge >= 0.3 is 0 Å². The predicted molar refractivity (Wildman–Crippen MR) is 109 cm³/mol. The van der Waals surface area contributed by atoms with Crippen LogP contribution in [0.1, 0.15) is 50.0 Å². The molecule has 0 spiro atoms. The maximum Gasteiger partial charge on any atom is 0.260 e. The van der Waals surface area contributed by atoms with E-state index in [1.807, 2.05) is 18.2 Å². The van der Waals surface area contributed by atoms with E-state index >= 15 is 0 Å². The molecule has 8 heteroatoms. The number of para-hydroxylation sites is 1. The summed E-state index contributed by atoms with van der Waals surface area (Å²) in [5, 5.41) is 0. The molecule has 0 radical (unpaired) electrons. The number of piperidine rings is 1. The number of rotatable bonds is 2. The van der Waals surface area contributed by atoms with Gasteiger partial charge in [0, 0.05) is 12.6 Å². The quantitative estimate of drug-likeness (QED) is 0.788. The van der Waals surface area contributed by atoms with Gasteiger partial charge in [-0.3, -0.25) is 4.79 Å². The Labute approximate surface area is 172 Å². The number of hydrogen-bond donors (Lipinski definition) is 1. The third kappa shape index (κ3) is 4.92. The number of ether oxygens (including phenoxy) is 2. The van der Waals surface area contributed by atoms with E-state index in [2.05, 4.69) is 10.8 Å². The van der Waals surface area contributed by atoms with Crippen molar-refractivity contribution in [3.8, 4) is 5.75 Å². The second-order valence-electron chi connectivity index (χ2n) is 8.43. The number of nitrogens with one attached hydrogen (secondary N) is 1. The van der Waals surface area contributed by atoms with Crippen molar-refractivity contribution in [2.24, 2.45) is 0 Å². The van der Waals surface area contributed by atoms with Crippen LogP contribution < -0.4 is 9.46 Å². The molecule has 2 fully saturated rings. The number of carbonyl (C=O) groups is 1. The molecule has 3 aliphatic heterocycles. The molecular formula is C21H30N2O5S. The van der Waals surface area contributed by atoms with Gasteiger partial charge in [0.1, 0.15) is 5.75 Å². The van der Waals surface area contributed by atoms with Crippen LogP contribution in [0, 0.1) is 0 Å². The summed E-state index contributed by atoms with van der Waals surface area (Å²) in [6.07, 6.45) is 6.73. The van der Waals surface area contributed by atoms with E-state index in [9.17, 15) is 13.2 Å². The molecule has 1 saturated heterocycles. The van der Waals surface area contributed by atoms with Gasteiger partial charge in [-0.2, -0.15) is 0 Å². The van der Waals surface area contributed by atoms with Crippen molar-refractivity contribution in [2.75, 3.05) is 26.0 Å². The monoisotopic (exact) mass is 422 g/mol. The molecular weight excluding hydrogens is 392 g/mol. The van der Waals surface area contributed by atoms with Crippen molar-refractivity contribution in [1.82, 2.24) is 9.62 Å². The van der Waals surface area contributed by atoms with Gasteiger partial charge in [0.15, 0.2) is 6.61 Å². The van der Waals surface area contributed by atoms with Crippen LogP contribution in [-0.4, -0.2) is 63.4 Å². The molecule has 1 amide bonds. The molecule has 1 aliphatic carbocycles. The van der Waals surface area contributed by atoms with Crippen LogP contribution in [-0.2, 0) is 19.6 Å². The fourth-order valence-corrected chi connectivity index (χ4v) is 5.76. The van der Waals surface area contributed by atoms with Crippen molar-refractivity contribution in [1.29, 1.82) is 0 Å². The molecule has 1 saturated carbocycles. The molecule has 1 aromatic rings. The zero-order valence-corrected chi connectivity index (χ0v) is 17.7. The van der Waals surface area contributed by atoms with Crippen molar-refractivity contribution in [2.45, 2.75) is 62.6 Å². The first-order chi connectivity index (χ1) is 13.9. The highest BCUT2D eigenvalue weighted by molar-refractivity contribution is 7.88. The SMILES string of the molecule is CS(=O)(=O)N[C@H]1CCCN2C(=O)COc3ccccc3[C@H]3CC[C@H](CC3)OC[C@@H]12.